The molecule has 158 valence electrons. The number of hydrogen-bond donors (Lipinski definition) is 0. The fraction of sp³-hybridized carbons (Fsp3) is 0.333. The standard InChI is InChI=1S/C24H28N2O3S/c1-5-18(3)26(24(27)19-7-6-8-22(13-19)28-4)14-20-16-30-23(25-20)15-29-21-11-9-17(2)10-12-21/h6-13,16,18H,5,14-15H2,1-4H3/t18-/m1/s1. The van der Waals surface area contributed by atoms with Crippen LogP contribution in [-0.4, -0.2) is 28.9 Å². The minimum atomic E-state index is -0.0197. The van der Waals surface area contributed by atoms with E-state index in [4.69, 9.17) is 9.47 Å². The van der Waals surface area contributed by atoms with Crippen LogP contribution in [-0.2, 0) is 13.2 Å². The van der Waals surface area contributed by atoms with Crippen molar-refractivity contribution in [3.05, 3.63) is 75.7 Å². The average molecular weight is 425 g/mol. The van der Waals surface area contributed by atoms with Crippen LogP contribution in [0.25, 0.3) is 0 Å². The van der Waals surface area contributed by atoms with Crippen LogP contribution in [0.5, 0.6) is 11.5 Å². The lowest BCUT2D eigenvalue weighted by molar-refractivity contribution is 0.0668. The Bertz CT molecular complexity index is 969. The summed E-state index contributed by atoms with van der Waals surface area (Å²) in [6.45, 7) is 7.07. The van der Waals surface area contributed by atoms with Gasteiger partial charge < -0.3 is 14.4 Å². The van der Waals surface area contributed by atoms with Crippen molar-refractivity contribution in [3.63, 3.8) is 0 Å². The summed E-state index contributed by atoms with van der Waals surface area (Å²) in [5.41, 5.74) is 2.69. The molecule has 0 aliphatic heterocycles. The van der Waals surface area contributed by atoms with E-state index in [1.54, 1.807) is 24.5 Å². The molecule has 0 radical (unpaired) electrons. The quantitative estimate of drug-likeness (QED) is 0.456. The van der Waals surface area contributed by atoms with Gasteiger partial charge in [0.05, 0.1) is 19.3 Å². The van der Waals surface area contributed by atoms with Crippen LogP contribution in [0, 0.1) is 6.92 Å². The zero-order valence-electron chi connectivity index (χ0n) is 17.9. The predicted molar refractivity (Wildman–Crippen MR) is 120 cm³/mol. The Labute approximate surface area is 182 Å². The minimum Gasteiger partial charge on any atom is -0.497 e. The summed E-state index contributed by atoms with van der Waals surface area (Å²) >= 11 is 1.55. The van der Waals surface area contributed by atoms with Gasteiger partial charge in [0, 0.05) is 17.0 Å². The molecule has 2 aromatic carbocycles. The van der Waals surface area contributed by atoms with E-state index in [1.807, 2.05) is 59.7 Å². The van der Waals surface area contributed by atoms with E-state index in [1.165, 1.54) is 5.56 Å². The van der Waals surface area contributed by atoms with Crippen molar-refractivity contribution in [2.75, 3.05) is 7.11 Å². The Hall–Kier alpha value is -2.86. The van der Waals surface area contributed by atoms with Gasteiger partial charge in [-0.15, -0.1) is 11.3 Å². The van der Waals surface area contributed by atoms with Crippen molar-refractivity contribution in [3.8, 4) is 11.5 Å². The van der Waals surface area contributed by atoms with Gasteiger partial charge in [-0.25, -0.2) is 4.98 Å². The molecule has 0 fully saturated rings. The lowest BCUT2D eigenvalue weighted by Gasteiger charge is -2.28. The van der Waals surface area contributed by atoms with Crippen LogP contribution in [0.15, 0.2) is 53.9 Å². The van der Waals surface area contributed by atoms with Crippen LogP contribution in [0.3, 0.4) is 0 Å². The molecular weight excluding hydrogens is 396 g/mol. The minimum absolute atomic E-state index is 0.0197. The Morgan fingerprint density at radius 3 is 2.63 bits per heavy atom. The zero-order chi connectivity index (χ0) is 21.5. The summed E-state index contributed by atoms with van der Waals surface area (Å²) in [6.07, 6.45) is 0.864. The maximum absolute atomic E-state index is 13.2. The molecule has 1 aromatic heterocycles. The predicted octanol–water partition coefficient (Wildman–Crippen LogP) is 5.48. The molecule has 0 bridgehead atoms. The highest BCUT2D eigenvalue weighted by molar-refractivity contribution is 7.09. The Morgan fingerprint density at radius 1 is 1.17 bits per heavy atom. The molecule has 1 heterocycles. The van der Waals surface area contributed by atoms with Crippen molar-refractivity contribution < 1.29 is 14.3 Å². The first-order valence-corrected chi connectivity index (χ1v) is 11.0. The molecule has 1 amide bonds. The number of benzene rings is 2. The number of aromatic nitrogens is 1. The number of carbonyl (C=O) groups is 1. The molecule has 3 aromatic rings. The number of ether oxygens (including phenoxy) is 2. The third kappa shape index (κ3) is 5.60. The van der Waals surface area contributed by atoms with Gasteiger partial charge in [-0.3, -0.25) is 4.79 Å². The highest BCUT2D eigenvalue weighted by atomic mass is 32.1. The van der Waals surface area contributed by atoms with E-state index < -0.39 is 0 Å². The van der Waals surface area contributed by atoms with Crippen molar-refractivity contribution >= 4 is 17.2 Å². The van der Waals surface area contributed by atoms with Gasteiger partial charge in [-0.05, 0) is 50.6 Å². The molecule has 0 N–H and O–H groups in total. The number of nitrogens with zero attached hydrogens (tertiary/aromatic N) is 2. The molecule has 0 saturated heterocycles. The molecule has 3 rings (SSSR count). The van der Waals surface area contributed by atoms with E-state index in [0.29, 0.717) is 24.5 Å². The topological polar surface area (TPSA) is 51.7 Å². The van der Waals surface area contributed by atoms with Crippen LogP contribution in [0.4, 0.5) is 0 Å². The summed E-state index contributed by atoms with van der Waals surface area (Å²) in [5, 5.41) is 2.89. The molecule has 0 aliphatic carbocycles. The first-order chi connectivity index (χ1) is 14.5. The first kappa shape index (κ1) is 21.8. The van der Waals surface area contributed by atoms with Crippen molar-refractivity contribution in [1.29, 1.82) is 0 Å². The highest BCUT2D eigenvalue weighted by Crippen LogP contribution is 2.21. The van der Waals surface area contributed by atoms with Gasteiger partial charge in [-0.1, -0.05) is 30.7 Å². The first-order valence-electron chi connectivity index (χ1n) is 10.1. The molecule has 6 heteroatoms. The van der Waals surface area contributed by atoms with Crippen molar-refractivity contribution in [2.45, 2.75) is 46.4 Å². The third-order valence-corrected chi connectivity index (χ3v) is 5.89. The number of rotatable bonds is 9. The Kier molecular flexibility index (Phi) is 7.46. The van der Waals surface area contributed by atoms with Gasteiger partial charge >= 0.3 is 0 Å². The normalized spacial score (nSPS) is 11.7. The second kappa shape index (κ2) is 10.3. The summed E-state index contributed by atoms with van der Waals surface area (Å²) in [5.74, 6) is 1.48. The summed E-state index contributed by atoms with van der Waals surface area (Å²) in [4.78, 5) is 19.7. The number of methoxy groups -OCH3 is 1. The van der Waals surface area contributed by atoms with Crippen LogP contribution in [0.1, 0.15) is 46.9 Å². The molecule has 0 spiro atoms. The van der Waals surface area contributed by atoms with Crippen LogP contribution >= 0.6 is 11.3 Å². The number of thiazole rings is 1. The maximum Gasteiger partial charge on any atom is 0.254 e. The van der Waals surface area contributed by atoms with E-state index >= 15 is 0 Å². The van der Waals surface area contributed by atoms with Gasteiger partial charge in [0.25, 0.3) is 5.91 Å². The lowest BCUT2D eigenvalue weighted by atomic mass is 10.1. The Balaban J connectivity index is 1.69. The van der Waals surface area contributed by atoms with Crippen molar-refractivity contribution in [2.24, 2.45) is 0 Å². The van der Waals surface area contributed by atoms with E-state index in [-0.39, 0.29) is 11.9 Å². The maximum atomic E-state index is 13.2. The van der Waals surface area contributed by atoms with Gasteiger partial charge in [0.2, 0.25) is 0 Å². The number of amides is 1. The molecule has 5 nitrogen and oxygen atoms in total. The smallest absolute Gasteiger partial charge is 0.254 e. The van der Waals surface area contributed by atoms with E-state index in [0.717, 1.165) is 22.9 Å². The highest BCUT2D eigenvalue weighted by Gasteiger charge is 2.22. The summed E-state index contributed by atoms with van der Waals surface area (Å²) < 4.78 is 11.1. The molecular formula is C24H28N2O3S. The molecule has 30 heavy (non-hydrogen) atoms. The second-order valence-electron chi connectivity index (χ2n) is 7.26. The largest absolute Gasteiger partial charge is 0.497 e. The lowest BCUT2D eigenvalue weighted by Crippen LogP contribution is -2.37. The van der Waals surface area contributed by atoms with Gasteiger partial charge in [0.1, 0.15) is 23.1 Å². The number of carbonyl (C=O) groups excluding carboxylic acids is 1. The Morgan fingerprint density at radius 2 is 1.93 bits per heavy atom. The monoisotopic (exact) mass is 424 g/mol. The van der Waals surface area contributed by atoms with Gasteiger partial charge in [-0.2, -0.15) is 0 Å². The second-order valence-corrected chi connectivity index (χ2v) is 8.20. The van der Waals surface area contributed by atoms with E-state index in [9.17, 15) is 4.79 Å². The molecule has 0 saturated carbocycles. The molecule has 0 aliphatic rings. The van der Waals surface area contributed by atoms with E-state index in [2.05, 4.69) is 18.8 Å². The SMILES string of the molecule is CC[C@@H](C)N(Cc1csc(COc2ccc(C)cc2)n1)C(=O)c1cccc(OC)c1. The zero-order valence-corrected chi connectivity index (χ0v) is 18.7. The molecule has 0 unspecified atom stereocenters. The third-order valence-electron chi connectivity index (χ3n) is 5.02. The van der Waals surface area contributed by atoms with Gasteiger partial charge in [0.15, 0.2) is 0 Å². The number of hydrogen-bond acceptors (Lipinski definition) is 5. The molecule has 1 atom stereocenters. The fourth-order valence-corrected chi connectivity index (χ4v) is 3.71. The summed E-state index contributed by atoms with van der Waals surface area (Å²) in [7, 11) is 1.60. The van der Waals surface area contributed by atoms with Crippen LogP contribution in [0.2, 0.25) is 0 Å². The number of aryl methyl sites for hydroxylation is 1. The van der Waals surface area contributed by atoms with Crippen LogP contribution < -0.4 is 9.47 Å². The van der Waals surface area contributed by atoms with Crippen molar-refractivity contribution in [1.82, 2.24) is 9.88 Å². The average Bonchev–Trinajstić information content (AvgIpc) is 3.23. The summed E-state index contributed by atoms with van der Waals surface area (Å²) in [6, 6.07) is 15.3. The fourth-order valence-electron chi connectivity index (χ4n) is 3.01.